The van der Waals surface area contributed by atoms with Crippen LogP contribution in [0.3, 0.4) is 0 Å². The second-order valence-electron chi connectivity index (χ2n) is 6.21. The van der Waals surface area contributed by atoms with Crippen LogP contribution >= 0.6 is 0 Å². The number of benzene rings is 1. The van der Waals surface area contributed by atoms with Crippen LogP contribution in [0.15, 0.2) is 24.3 Å². The number of methoxy groups -OCH3 is 1. The summed E-state index contributed by atoms with van der Waals surface area (Å²) in [5.74, 6) is -6.91. The lowest BCUT2D eigenvalue weighted by Crippen LogP contribution is -2.48. The van der Waals surface area contributed by atoms with Crippen LogP contribution in [0, 0.1) is 23.5 Å². The number of esters is 1. The molecule has 3 rings (SSSR count). The molecule has 0 bridgehead atoms. The minimum atomic E-state index is -1.72. The van der Waals surface area contributed by atoms with Crippen molar-refractivity contribution in [3.8, 4) is 0 Å². The third kappa shape index (κ3) is 4.33. The van der Waals surface area contributed by atoms with E-state index in [1.807, 2.05) is 4.90 Å². The summed E-state index contributed by atoms with van der Waals surface area (Å²) in [4.78, 5) is 17.9. The van der Waals surface area contributed by atoms with Gasteiger partial charge in [-0.15, -0.1) is 0 Å². The number of pyridine rings is 1. The third-order valence-corrected chi connectivity index (χ3v) is 4.45. The highest BCUT2D eigenvalue weighted by molar-refractivity contribution is 5.71. The molecule has 1 fully saturated rings. The van der Waals surface area contributed by atoms with Crippen molar-refractivity contribution in [2.24, 2.45) is 0 Å². The number of anilines is 3. The second kappa shape index (κ2) is 8.42. The van der Waals surface area contributed by atoms with Crippen molar-refractivity contribution in [2.45, 2.75) is 0 Å². The molecule has 0 saturated carbocycles. The Morgan fingerprint density at radius 2 is 1.61 bits per heavy atom. The van der Waals surface area contributed by atoms with Crippen LogP contribution in [0.5, 0.6) is 0 Å². The van der Waals surface area contributed by atoms with Gasteiger partial charge in [0.1, 0.15) is 5.69 Å². The molecule has 28 heavy (non-hydrogen) atoms. The number of halogens is 4. The number of carbonyl (C=O) groups is 1. The van der Waals surface area contributed by atoms with Crippen molar-refractivity contribution in [3.63, 3.8) is 0 Å². The maximum atomic E-state index is 13.7. The number of ether oxygens (including phenoxy) is 1. The number of piperazine rings is 1. The van der Waals surface area contributed by atoms with Crippen molar-refractivity contribution >= 4 is 23.0 Å². The molecule has 0 atom stereocenters. The van der Waals surface area contributed by atoms with Crippen LogP contribution in [-0.2, 0) is 9.53 Å². The Bertz CT molecular complexity index is 829. The predicted molar refractivity (Wildman–Crippen MR) is 94.5 cm³/mol. The maximum Gasteiger partial charge on any atom is 0.319 e. The first kappa shape index (κ1) is 19.9. The molecular formula is C18H18F4N4O2. The summed E-state index contributed by atoms with van der Waals surface area (Å²) < 4.78 is 58.4. The Morgan fingerprint density at radius 3 is 2.14 bits per heavy atom. The van der Waals surface area contributed by atoms with E-state index in [1.54, 1.807) is 24.3 Å². The largest absolute Gasteiger partial charge is 0.468 e. The van der Waals surface area contributed by atoms with Gasteiger partial charge in [-0.2, -0.15) is 22.5 Å². The van der Waals surface area contributed by atoms with Crippen LogP contribution in [0.4, 0.5) is 34.6 Å². The van der Waals surface area contributed by atoms with Gasteiger partial charge in [0.05, 0.1) is 13.7 Å². The van der Waals surface area contributed by atoms with Gasteiger partial charge in [-0.25, -0.2) is 0 Å². The van der Waals surface area contributed by atoms with Gasteiger partial charge in [-0.05, 0) is 24.3 Å². The average Bonchev–Trinajstić information content (AvgIpc) is 2.71. The van der Waals surface area contributed by atoms with Crippen molar-refractivity contribution in [3.05, 3.63) is 47.8 Å². The van der Waals surface area contributed by atoms with Crippen LogP contribution in [0.25, 0.3) is 0 Å². The number of aromatic nitrogens is 1. The number of carbonyl (C=O) groups excluding carboxylic acids is 1. The maximum absolute atomic E-state index is 13.7. The first-order valence-electron chi connectivity index (χ1n) is 8.50. The molecule has 2 aromatic rings. The molecule has 0 radical (unpaired) electrons. The molecule has 2 heterocycles. The number of hydrogen-bond acceptors (Lipinski definition) is 6. The monoisotopic (exact) mass is 398 g/mol. The fraction of sp³-hybridized carbons (Fsp3) is 0.333. The summed E-state index contributed by atoms with van der Waals surface area (Å²) in [6.07, 6.45) is 0. The molecule has 0 aliphatic carbocycles. The molecule has 1 saturated heterocycles. The van der Waals surface area contributed by atoms with E-state index in [2.05, 4.69) is 19.9 Å². The lowest BCUT2D eigenvalue weighted by atomic mass is 10.2. The summed E-state index contributed by atoms with van der Waals surface area (Å²) in [7, 11) is 1.35. The highest BCUT2D eigenvalue weighted by Crippen LogP contribution is 2.27. The molecule has 10 heteroatoms. The smallest absolute Gasteiger partial charge is 0.319 e. The van der Waals surface area contributed by atoms with Crippen LogP contribution < -0.4 is 10.2 Å². The molecule has 1 aromatic carbocycles. The van der Waals surface area contributed by atoms with E-state index in [1.165, 1.54) is 7.11 Å². The molecule has 6 nitrogen and oxygen atoms in total. The normalized spacial score (nSPS) is 14.8. The second-order valence-corrected chi connectivity index (χ2v) is 6.21. The molecule has 1 aliphatic heterocycles. The van der Waals surface area contributed by atoms with E-state index < -0.39 is 29.2 Å². The van der Waals surface area contributed by atoms with Gasteiger partial charge in [-0.3, -0.25) is 9.69 Å². The summed E-state index contributed by atoms with van der Waals surface area (Å²) in [6, 6.07) is 6.54. The quantitative estimate of drug-likeness (QED) is 0.475. The van der Waals surface area contributed by atoms with Gasteiger partial charge in [0, 0.05) is 37.6 Å². The van der Waals surface area contributed by atoms with Crippen LogP contribution in [0.1, 0.15) is 0 Å². The molecule has 0 unspecified atom stereocenters. The van der Waals surface area contributed by atoms with E-state index >= 15 is 0 Å². The van der Waals surface area contributed by atoms with Gasteiger partial charge in [0.15, 0.2) is 0 Å². The summed E-state index contributed by atoms with van der Waals surface area (Å²) >= 11 is 0. The van der Waals surface area contributed by atoms with Gasteiger partial charge in [0.25, 0.3) is 11.9 Å². The highest BCUT2D eigenvalue weighted by Gasteiger charge is 2.22. The first-order valence-corrected chi connectivity index (χ1v) is 8.50. The van der Waals surface area contributed by atoms with E-state index in [-0.39, 0.29) is 18.2 Å². The first-order chi connectivity index (χ1) is 13.4. The Labute approximate surface area is 158 Å². The predicted octanol–water partition coefficient (Wildman–Crippen LogP) is 2.68. The summed E-state index contributed by atoms with van der Waals surface area (Å²) in [5, 5.41) is 2.34. The van der Waals surface area contributed by atoms with Gasteiger partial charge in [-0.1, -0.05) is 0 Å². The molecule has 1 N–H and O–H groups in total. The molecule has 1 aromatic heterocycles. The van der Waals surface area contributed by atoms with Crippen molar-refractivity contribution in [1.82, 2.24) is 9.88 Å². The van der Waals surface area contributed by atoms with Crippen molar-refractivity contribution in [2.75, 3.05) is 50.1 Å². The Balaban J connectivity index is 1.65. The molecule has 1 aliphatic rings. The topological polar surface area (TPSA) is 57.7 Å². The molecule has 0 spiro atoms. The Morgan fingerprint density at radius 1 is 1.04 bits per heavy atom. The number of hydrogen-bond donors (Lipinski definition) is 1. The summed E-state index contributed by atoms with van der Waals surface area (Å²) in [6.45, 7) is 2.98. The van der Waals surface area contributed by atoms with E-state index in [9.17, 15) is 22.4 Å². The van der Waals surface area contributed by atoms with E-state index in [0.29, 0.717) is 26.2 Å². The van der Waals surface area contributed by atoms with Gasteiger partial charge in [0.2, 0.25) is 11.6 Å². The number of rotatable bonds is 5. The lowest BCUT2D eigenvalue weighted by Gasteiger charge is -2.35. The minimum absolute atomic E-state index is 0.239. The van der Waals surface area contributed by atoms with Gasteiger partial charge < -0.3 is 15.0 Å². The third-order valence-electron chi connectivity index (χ3n) is 4.45. The zero-order valence-corrected chi connectivity index (χ0v) is 15.0. The standard InChI is InChI=1S/C18H18F4N4O2/c1-28-13(27)10-25-6-8-26(9-7-25)12-4-2-11(3-5-12)23-16-14(19)17(21)24-18(22)15(16)20/h2-5H,6-10H2,1H3,(H,23,24). The van der Waals surface area contributed by atoms with Crippen LogP contribution in [0.2, 0.25) is 0 Å². The molecule has 0 amide bonds. The van der Waals surface area contributed by atoms with Crippen LogP contribution in [-0.4, -0.2) is 55.7 Å². The average molecular weight is 398 g/mol. The van der Waals surface area contributed by atoms with Gasteiger partial charge >= 0.3 is 5.97 Å². The zero-order chi connectivity index (χ0) is 20.3. The zero-order valence-electron chi connectivity index (χ0n) is 15.0. The summed E-state index contributed by atoms with van der Waals surface area (Å²) in [5.41, 5.74) is 0.196. The Kier molecular flexibility index (Phi) is 5.98. The molecular weight excluding hydrogens is 380 g/mol. The Hall–Kier alpha value is -2.88. The fourth-order valence-electron chi connectivity index (χ4n) is 2.91. The minimum Gasteiger partial charge on any atom is -0.468 e. The van der Waals surface area contributed by atoms with E-state index in [4.69, 9.17) is 0 Å². The molecule has 150 valence electrons. The van der Waals surface area contributed by atoms with Crippen molar-refractivity contribution in [1.29, 1.82) is 0 Å². The highest BCUT2D eigenvalue weighted by atomic mass is 19.2. The number of nitrogens with zero attached hydrogens (tertiary/aromatic N) is 3. The fourth-order valence-corrected chi connectivity index (χ4v) is 2.91. The SMILES string of the molecule is COC(=O)CN1CCN(c2ccc(Nc3c(F)c(F)nc(F)c3F)cc2)CC1. The number of nitrogens with one attached hydrogen (secondary N) is 1. The van der Waals surface area contributed by atoms with Crippen molar-refractivity contribution < 1.29 is 27.1 Å². The lowest BCUT2D eigenvalue weighted by molar-refractivity contribution is -0.142. The van der Waals surface area contributed by atoms with E-state index in [0.717, 1.165) is 5.69 Å².